The number of rotatable bonds is 3. The molecule has 4 nitrogen and oxygen atoms in total. The largest absolute Gasteiger partial charge is 0.375 e. The van der Waals surface area contributed by atoms with Crippen molar-refractivity contribution in [3.8, 4) is 0 Å². The maximum atomic E-state index is 12.9. The van der Waals surface area contributed by atoms with Crippen LogP contribution in [0.4, 0.5) is 0 Å². The van der Waals surface area contributed by atoms with Crippen molar-refractivity contribution in [3.05, 3.63) is 0 Å². The molecule has 0 aromatic rings. The summed E-state index contributed by atoms with van der Waals surface area (Å²) in [6, 6.07) is 0.449. The molecule has 0 bridgehead atoms. The summed E-state index contributed by atoms with van der Waals surface area (Å²) in [5.74, 6) is 2.46. The number of likely N-dealkylation sites (tertiary alicyclic amines) is 1. The second-order valence-electron chi connectivity index (χ2n) is 8.44. The third-order valence-corrected chi connectivity index (χ3v) is 6.57. The molecule has 4 aliphatic rings. The first-order chi connectivity index (χ1) is 11.2. The average Bonchev–Trinajstić information content (AvgIpc) is 3.39. The highest BCUT2D eigenvalue weighted by atomic mass is 16.5. The first kappa shape index (κ1) is 15.9. The number of hydrogen-bond acceptors (Lipinski definition) is 3. The highest BCUT2D eigenvalue weighted by Gasteiger charge is 2.41. The second kappa shape index (κ2) is 6.72. The maximum absolute atomic E-state index is 12.9. The molecule has 4 rings (SSSR count). The van der Waals surface area contributed by atoms with E-state index in [-0.39, 0.29) is 0 Å². The Hall–Kier alpha value is -0.610. The van der Waals surface area contributed by atoms with Gasteiger partial charge in [0, 0.05) is 32.1 Å². The molecule has 2 atom stereocenters. The molecule has 0 unspecified atom stereocenters. The molecule has 2 aliphatic heterocycles. The van der Waals surface area contributed by atoms with Crippen LogP contribution in [0.2, 0.25) is 0 Å². The minimum absolute atomic E-state index is 0.296. The van der Waals surface area contributed by atoms with Gasteiger partial charge in [0.15, 0.2) is 0 Å². The molecular formula is C19H32N2O2. The topological polar surface area (TPSA) is 32.8 Å². The van der Waals surface area contributed by atoms with Gasteiger partial charge >= 0.3 is 0 Å². The van der Waals surface area contributed by atoms with Crippen molar-refractivity contribution < 1.29 is 9.53 Å². The van der Waals surface area contributed by atoms with Crippen LogP contribution in [0.3, 0.4) is 0 Å². The number of carbonyl (C=O) groups excluding carboxylic acids is 1. The van der Waals surface area contributed by atoms with Crippen LogP contribution in [0.25, 0.3) is 0 Å². The molecule has 2 aliphatic carbocycles. The number of morpholine rings is 1. The molecule has 4 fully saturated rings. The number of hydrogen-bond donors (Lipinski definition) is 0. The van der Waals surface area contributed by atoms with E-state index in [1.165, 1.54) is 32.2 Å². The molecule has 2 saturated carbocycles. The van der Waals surface area contributed by atoms with Crippen molar-refractivity contribution in [2.24, 2.45) is 17.8 Å². The van der Waals surface area contributed by atoms with Crippen molar-refractivity contribution >= 4 is 5.91 Å². The summed E-state index contributed by atoms with van der Waals surface area (Å²) in [5, 5.41) is 0. The fourth-order valence-corrected chi connectivity index (χ4v) is 4.77. The molecule has 2 heterocycles. The second-order valence-corrected chi connectivity index (χ2v) is 8.44. The number of carbonyl (C=O) groups is 1. The van der Waals surface area contributed by atoms with Gasteiger partial charge in [-0.1, -0.05) is 6.92 Å². The standard InChI is InChI=1S/C19H32N2O2/c1-14-2-6-16(7-3-14)19(22)21-9-8-18-17(13-21)20(10-11-23-18)12-15-4-5-15/h14-18H,2-13H2,1H3/t14?,16?,17-,18-/m0/s1. The third-order valence-electron chi connectivity index (χ3n) is 6.57. The monoisotopic (exact) mass is 320 g/mol. The smallest absolute Gasteiger partial charge is 0.225 e. The summed E-state index contributed by atoms with van der Waals surface area (Å²) in [4.78, 5) is 17.8. The normalized spacial score (nSPS) is 39.1. The lowest BCUT2D eigenvalue weighted by atomic mass is 9.82. The van der Waals surface area contributed by atoms with Crippen LogP contribution in [-0.4, -0.2) is 60.6 Å². The maximum Gasteiger partial charge on any atom is 0.225 e. The van der Waals surface area contributed by atoms with Gasteiger partial charge in [0.1, 0.15) is 0 Å². The van der Waals surface area contributed by atoms with E-state index >= 15 is 0 Å². The van der Waals surface area contributed by atoms with E-state index < -0.39 is 0 Å². The lowest BCUT2D eigenvalue weighted by molar-refractivity contribution is -0.148. The van der Waals surface area contributed by atoms with Crippen LogP contribution in [0.1, 0.15) is 51.9 Å². The van der Waals surface area contributed by atoms with Crippen LogP contribution < -0.4 is 0 Å². The highest BCUT2D eigenvalue weighted by molar-refractivity contribution is 5.79. The van der Waals surface area contributed by atoms with Crippen LogP contribution in [0, 0.1) is 17.8 Å². The Balaban J connectivity index is 1.37. The van der Waals surface area contributed by atoms with Crippen LogP contribution >= 0.6 is 0 Å². The van der Waals surface area contributed by atoms with Crippen molar-refractivity contribution in [2.75, 3.05) is 32.8 Å². The molecule has 0 aromatic carbocycles. The van der Waals surface area contributed by atoms with E-state index in [1.807, 2.05) is 0 Å². The first-order valence-corrected chi connectivity index (χ1v) is 9.85. The summed E-state index contributed by atoms with van der Waals surface area (Å²) in [5.41, 5.74) is 0. The molecule has 130 valence electrons. The quantitative estimate of drug-likeness (QED) is 0.801. The molecular weight excluding hydrogens is 288 g/mol. The van der Waals surface area contributed by atoms with E-state index in [9.17, 15) is 4.79 Å². The number of nitrogens with zero attached hydrogens (tertiary/aromatic N) is 2. The zero-order chi connectivity index (χ0) is 15.8. The van der Waals surface area contributed by atoms with E-state index in [0.717, 1.165) is 57.3 Å². The zero-order valence-electron chi connectivity index (χ0n) is 14.6. The number of amides is 1. The summed E-state index contributed by atoms with van der Waals surface area (Å²) in [6.07, 6.45) is 8.86. The van der Waals surface area contributed by atoms with E-state index in [4.69, 9.17) is 4.74 Å². The molecule has 0 aromatic heterocycles. The fourth-order valence-electron chi connectivity index (χ4n) is 4.77. The van der Waals surface area contributed by atoms with Gasteiger partial charge in [0.25, 0.3) is 0 Å². The summed E-state index contributed by atoms with van der Waals surface area (Å²) in [6.45, 7) is 7.30. The van der Waals surface area contributed by atoms with Gasteiger partial charge in [-0.25, -0.2) is 0 Å². The highest BCUT2D eigenvalue weighted by Crippen LogP contribution is 2.34. The first-order valence-electron chi connectivity index (χ1n) is 9.85. The van der Waals surface area contributed by atoms with Crippen LogP contribution in [-0.2, 0) is 9.53 Å². The van der Waals surface area contributed by atoms with Gasteiger partial charge in [-0.05, 0) is 56.8 Å². The third kappa shape index (κ3) is 3.58. The average molecular weight is 320 g/mol. The molecule has 0 radical (unpaired) electrons. The van der Waals surface area contributed by atoms with Gasteiger partial charge in [0.2, 0.25) is 5.91 Å². The lowest BCUT2D eigenvalue weighted by Crippen LogP contribution is -2.61. The van der Waals surface area contributed by atoms with Gasteiger partial charge in [0.05, 0.1) is 18.8 Å². The Morgan fingerprint density at radius 3 is 2.57 bits per heavy atom. The van der Waals surface area contributed by atoms with Gasteiger partial charge in [-0.2, -0.15) is 0 Å². The Labute approximate surface area is 140 Å². The summed E-state index contributed by atoms with van der Waals surface area (Å²) >= 11 is 0. The van der Waals surface area contributed by atoms with Crippen molar-refractivity contribution in [2.45, 2.75) is 64.0 Å². The Bertz CT molecular complexity index is 429. The summed E-state index contributed by atoms with van der Waals surface area (Å²) in [7, 11) is 0. The number of piperidine rings is 1. The number of ether oxygens (including phenoxy) is 1. The Morgan fingerprint density at radius 1 is 1.04 bits per heavy atom. The van der Waals surface area contributed by atoms with Gasteiger partial charge in [-0.3, -0.25) is 9.69 Å². The van der Waals surface area contributed by atoms with Crippen LogP contribution in [0.15, 0.2) is 0 Å². The molecule has 4 heteroatoms. The fraction of sp³-hybridized carbons (Fsp3) is 0.947. The minimum Gasteiger partial charge on any atom is -0.375 e. The molecule has 2 saturated heterocycles. The predicted molar refractivity (Wildman–Crippen MR) is 90.1 cm³/mol. The van der Waals surface area contributed by atoms with Crippen molar-refractivity contribution in [1.82, 2.24) is 9.80 Å². The zero-order valence-corrected chi connectivity index (χ0v) is 14.6. The Morgan fingerprint density at radius 2 is 1.83 bits per heavy atom. The predicted octanol–water partition coefficient (Wildman–Crippen LogP) is 2.52. The van der Waals surface area contributed by atoms with Gasteiger partial charge < -0.3 is 9.64 Å². The molecule has 0 spiro atoms. The van der Waals surface area contributed by atoms with E-state index in [0.29, 0.717) is 24.0 Å². The van der Waals surface area contributed by atoms with Crippen molar-refractivity contribution in [3.63, 3.8) is 0 Å². The van der Waals surface area contributed by atoms with Crippen molar-refractivity contribution in [1.29, 1.82) is 0 Å². The van der Waals surface area contributed by atoms with Gasteiger partial charge in [-0.15, -0.1) is 0 Å². The van der Waals surface area contributed by atoms with E-state index in [2.05, 4.69) is 16.7 Å². The molecule has 0 N–H and O–H groups in total. The Kier molecular flexibility index (Phi) is 4.64. The SMILES string of the molecule is CC1CCC(C(=O)N2CC[C@@H]3OCCN(CC4CC4)[C@H]3C2)CC1. The number of fused-ring (bicyclic) bond motifs is 1. The lowest BCUT2D eigenvalue weighted by Gasteiger charge is -2.48. The molecule has 23 heavy (non-hydrogen) atoms. The van der Waals surface area contributed by atoms with Crippen LogP contribution in [0.5, 0.6) is 0 Å². The summed E-state index contributed by atoms with van der Waals surface area (Å²) < 4.78 is 6.02. The van der Waals surface area contributed by atoms with E-state index in [1.54, 1.807) is 0 Å². The molecule has 1 amide bonds. The minimum atomic E-state index is 0.296.